The summed E-state index contributed by atoms with van der Waals surface area (Å²) in [6.07, 6.45) is 5.92. The first kappa shape index (κ1) is 22.0. The fourth-order valence-electron chi connectivity index (χ4n) is 2.44. The molecule has 0 saturated carbocycles. The van der Waals surface area contributed by atoms with Gasteiger partial charge in [0, 0.05) is 0 Å². The molecule has 0 atom stereocenters. The molecule has 146 valence electrons. The Kier molecular flexibility index (Phi) is 8.41. The Morgan fingerprint density at radius 2 is 1.52 bits per heavy atom. The van der Waals surface area contributed by atoms with Crippen molar-refractivity contribution in [3.05, 3.63) is 72.3 Å². The van der Waals surface area contributed by atoms with Crippen LogP contribution in [0.5, 0.6) is 0 Å². The van der Waals surface area contributed by atoms with Crippen molar-refractivity contribution in [2.45, 2.75) is 63.5 Å². The molecule has 27 heavy (non-hydrogen) atoms. The monoisotopic (exact) mass is 446 g/mol. The number of hydrogen-bond donors (Lipinski definition) is 0. The third-order valence-corrected chi connectivity index (χ3v) is 11.8. The van der Waals surface area contributed by atoms with Crippen molar-refractivity contribution in [3.63, 3.8) is 0 Å². The topological polar surface area (TPSA) is 9.23 Å². The van der Waals surface area contributed by atoms with Crippen LogP contribution < -0.4 is 4.46 Å². The Bertz CT molecular complexity index is 702. The van der Waals surface area contributed by atoms with Gasteiger partial charge in [-0.15, -0.1) is 0 Å². The van der Waals surface area contributed by atoms with Gasteiger partial charge < -0.3 is 0 Å². The van der Waals surface area contributed by atoms with Crippen LogP contribution in [-0.2, 0) is 4.43 Å². The first-order valence-electron chi connectivity index (χ1n) is 9.92. The standard InChI is InChI=1S/C24H34OSeSi/c1-24(2,3)27(4,5)25-23(21-15-9-6-10-16-21)19-13-8-14-20-26-22-17-11-7-12-18-22/h6-7,9-12,15-19H,8,13-14,20H2,1-5H3/b23-19-. The molecule has 0 aliphatic rings. The van der Waals surface area contributed by atoms with Gasteiger partial charge >= 0.3 is 174 Å². The summed E-state index contributed by atoms with van der Waals surface area (Å²) in [5.74, 6) is 1.08. The van der Waals surface area contributed by atoms with Gasteiger partial charge in [0.2, 0.25) is 0 Å². The van der Waals surface area contributed by atoms with E-state index in [0.717, 1.165) is 12.2 Å². The van der Waals surface area contributed by atoms with Gasteiger partial charge in [-0.1, -0.05) is 0 Å². The molecule has 0 N–H and O–H groups in total. The zero-order valence-electron chi connectivity index (χ0n) is 17.5. The Morgan fingerprint density at radius 3 is 2.11 bits per heavy atom. The average molecular weight is 446 g/mol. The van der Waals surface area contributed by atoms with Gasteiger partial charge in [-0.05, 0) is 0 Å². The molecular formula is C24H34OSeSi. The first-order chi connectivity index (χ1) is 12.8. The van der Waals surface area contributed by atoms with Crippen LogP contribution in [0.15, 0.2) is 66.7 Å². The maximum atomic E-state index is 6.67. The van der Waals surface area contributed by atoms with E-state index >= 15 is 0 Å². The van der Waals surface area contributed by atoms with Crippen LogP contribution in [-0.4, -0.2) is 23.3 Å². The van der Waals surface area contributed by atoms with Crippen LogP contribution >= 0.6 is 0 Å². The van der Waals surface area contributed by atoms with Gasteiger partial charge in [0.25, 0.3) is 0 Å². The molecule has 2 rings (SSSR count). The molecule has 0 aliphatic heterocycles. The van der Waals surface area contributed by atoms with Crippen molar-refractivity contribution in [2.75, 3.05) is 0 Å². The third-order valence-electron chi connectivity index (χ3n) is 5.17. The molecule has 0 fully saturated rings. The minimum absolute atomic E-state index is 0.207. The van der Waals surface area contributed by atoms with Crippen LogP contribution in [0, 0.1) is 0 Å². The summed E-state index contributed by atoms with van der Waals surface area (Å²) in [5, 5.41) is 1.52. The summed E-state index contributed by atoms with van der Waals surface area (Å²) in [6.45, 7) is 11.5. The fourth-order valence-corrected chi connectivity index (χ4v) is 5.45. The second kappa shape index (κ2) is 10.3. The molecule has 3 heteroatoms. The van der Waals surface area contributed by atoms with E-state index in [4.69, 9.17) is 4.43 Å². The van der Waals surface area contributed by atoms with Crippen LogP contribution in [0.4, 0.5) is 0 Å². The molecule has 0 spiro atoms. The van der Waals surface area contributed by atoms with Crippen LogP contribution in [0.1, 0.15) is 45.6 Å². The van der Waals surface area contributed by atoms with Gasteiger partial charge in [-0.3, -0.25) is 0 Å². The van der Waals surface area contributed by atoms with Crippen LogP contribution in [0.2, 0.25) is 23.5 Å². The van der Waals surface area contributed by atoms with Crippen LogP contribution in [0.25, 0.3) is 5.76 Å². The van der Waals surface area contributed by atoms with E-state index < -0.39 is 8.32 Å². The quantitative estimate of drug-likeness (QED) is 0.238. The number of benzene rings is 2. The summed E-state index contributed by atoms with van der Waals surface area (Å²) in [5.41, 5.74) is 1.20. The molecule has 0 aliphatic carbocycles. The van der Waals surface area contributed by atoms with Gasteiger partial charge in [0.05, 0.1) is 0 Å². The summed E-state index contributed by atoms with van der Waals surface area (Å²) >= 11 is 0.602. The molecular weight excluding hydrogens is 411 g/mol. The van der Waals surface area contributed by atoms with Crippen molar-refractivity contribution >= 4 is 33.5 Å². The van der Waals surface area contributed by atoms with Gasteiger partial charge in [-0.25, -0.2) is 0 Å². The van der Waals surface area contributed by atoms with E-state index in [1.807, 2.05) is 0 Å². The van der Waals surface area contributed by atoms with E-state index in [-0.39, 0.29) is 5.04 Å². The predicted octanol–water partition coefficient (Wildman–Crippen LogP) is 6.67. The normalized spacial score (nSPS) is 12.9. The van der Waals surface area contributed by atoms with E-state index in [1.54, 1.807) is 0 Å². The molecule has 1 nitrogen and oxygen atoms in total. The molecule has 0 saturated heterocycles. The maximum absolute atomic E-state index is 6.67. The molecule has 0 aromatic heterocycles. The van der Waals surface area contributed by atoms with Gasteiger partial charge in [0.15, 0.2) is 0 Å². The predicted molar refractivity (Wildman–Crippen MR) is 123 cm³/mol. The zero-order chi connectivity index (χ0) is 19.8. The Labute approximate surface area is 173 Å². The van der Waals surface area contributed by atoms with E-state index in [0.29, 0.717) is 15.0 Å². The van der Waals surface area contributed by atoms with Crippen molar-refractivity contribution in [3.8, 4) is 0 Å². The Balaban J connectivity index is 1.93. The van der Waals surface area contributed by atoms with E-state index in [9.17, 15) is 0 Å². The van der Waals surface area contributed by atoms with Crippen molar-refractivity contribution < 1.29 is 4.43 Å². The molecule has 0 heterocycles. The minimum atomic E-state index is -1.84. The van der Waals surface area contributed by atoms with Crippen LogP contribution in [0.3, 0.4) is 0 Å². The van der Waals surface area contributed by atoms with E-state index in [2.05, 4.69) is 101 Å². The Hall–Kier alpha value is -1.28. The molecule has 2 aromatic rings. The molecule has 0 amide bonds. The van der Waals surface area contributed by atoms with Crippen molar-refractivity contribution in [1.29, 1.82) is 0 Å². The summed E-state index contributed by atoms with van der Waals surface area (Å²) in [4.78, 5) is 0. The van der Waals surface area contributed by atoms with Crippen molar-refractivity contribution in [2.24, 2.45) is 0 Å². The molecule has 0 radical (unpaired) electrons. The molecule has 0 bridgehead atoms. The average Bonchev–Trinajstić information content (AvgIpc) is 2.64. The summed E-state index contributed by atoms with van der Waals surface area (Å²) < 4.78 is 8.17. The fraction of sp³-hybridized carbons (Fsp3) is 0.417. The number of unbranched alkanes of at least 4 members (excludes halogenated alkanes) is 2. The number of hydrogen-bond acceptors (Lipinski definition) is 1. The molecule has 0 unspecified atom stereocenters. The van der Waals surface area contributed by atoms with E-state index in [1.165, 1.54) is 28.2 Å². The second-order valence-electron chi connectivity index (χ2n) is 8.45. The third kappa shape index (κ3) is 7.33. The number of rotatable bonds is 9. The summed E-state index contributed by atoms with van der Waals surface area (Å²) in [6, 6.07) is 21.5. The van der Waals surface area contributed by atoms with Gasteiger partial charge in [0.1, 0.15) is 0 Å². The van der Waals surface area contributed by atoms with Gasteiger partial charge in [-0.2, -0.15) is 0 Å². The Morgan fingerprint density at radius 1 is 0.926 bits per heavy atom. The number of allylic oxidation sites excluding steroid dienone is 1. The van der Waals surface area contributed by atoms with Crippen molar-refractivity contribution in [1.82, 2.24) is 0 Å². The SMILES string of the molecule is CC(C)(C)[Si](C)(C)O/C(=C\CCCC[Se]c1ccccc1)c1ccccc1. The molecule has 2 aromatic carbocycles. The zero-order valence-corrected chi connectivity index (χ0v) is 20.2. The first-order valence-corrected chi connectivity index (χ1v) is 14.9. The second-order valence-corrected chi connectivity index (χ2v) is 15.6. The summed E-state index contributed by atoms with van der Waals surface area (Å²) in [7, 11) is -1.84.